The molecule has 2 aromatic rings. The summed E-state index contributed by atoms with van der Waals surface area (Å²) in [5.74, 6) is 1.13. The average Bonchev–Trinajstić information content (AvgIpc) is 2.83. The van der Waals surface area contributed by atoms with Gasteiger partial charge in [0, 0.05) is 0 Å². The smallest absolute Gasteiger partial charge is 0.425 e. The summed E-state index contributed by atoms with van der Waals surface area (Å²) < 4.78 is 69.0. The van der Waals surface area contributed by atoms with Crippen molar-refractivity contribution in [3.05, 3.63) is 53.8 Å². The van der Waals surface area contributed by atoms with Gasteiger partial charge in [0.2, 0.25) is 0 Å². The largest absolute Gasteiger partial charge is 0.461 e. The number of rotatable bonds is 8. The van der Waals surface area contributed by atoms with Gasteiger partial charge in [0.1, 0.15) is 0 Å². The third kappa shape index (κ3) is 5.75. The summed E-state index contributed by atoms with van der Waals surface area (Å²) in [6.07, 6.45) is 3.04. The number of benzene rings is 2. The number of hydrogen-bond acceptors (Lipinski definition) is 1. The molecule has 6 heteroatoms. The lowest BCUT2D eigenvalue weighted by Crippen LogP contribution is -2.33. The predicted octanol–water partition coefficient (Wildman–Crippen LogP) is 9.22. The van der Waals surface area contributed by atoms with Crippen molar-refractivity contribution >= 4 is 0 Å². The van der Waals surface area contributed by atoms with Gasteiger partial charge in [0.25, 0.3) is 0 Å². The minimum Gasteiger partial charge on any atom is -0.425 e. The first kappa shape index (κ1) is 25.0. The maximum Gasteiger partial charge on any atom is 0.461 e. The number of hydrogen-bond donors (Lipinski definition) is 0. The van der Waals surface area contributed by atoms with Crippen molar-refractivity contribution in [2.24, 2.45) is 17.8 Å². The Balaban J connectivity index is 1.38. The summed E-state index contributed by atoms with van der Waals surface area (Å²) in [5.41, 5.74) is 2.50. The quantitative estimate of drug-likeness (QED) is 0.342. The molecular formula is C28H33F5O. The van der Waals surface area contributed by atoms with Crippen molar-refractivity contribution in [2.45, 2.75) is 83.2 Å². The van der Waals surface area contributed by atoms with Gasteiger partial charge in [0.05, 0.1) is 0 Å². The first-order valence-corrected chi connectivity index (χ1v) is 12.5. The van der Waals surface area contributed by atoms with E-state index in [1.807, 2.05) is 12.1 Å². The molecule has 4 unspecified atom stereocenters. The van der Waals surface area contributed by atoms with Crippen LogP contribution in [0.4, 0.5) is 22.0 Å². The topological polar surface area (TPSA) is 9.23 Å². The molecule has 2 saturated carbocycles. The molecule has 0 aromatic heterocycles. The maximum atomic E-state index is 14.3. The van der Waals surface area contributed by atoms with Crippen LogP contribution in [0.2, 0.25) is 0 Å². The molecule has 4 atom stereocenters. The molecule has 0 heterocycles. The van der Waals surface area contributed by atoms with Crippen LogP contribution < -0.4 is 4.74 Å². The van der Waals surface area contributed by atoms with Gasteiger partial charge in [0.15, 0.2) is 11.6 Å². The van der Waals surface area contributed by atoms with Crippen molar-refractivity contribution in [1.82, 2.24) is 0 Å². The fraction of sp³-hybridized carbons (Fsp3) is 0.571. The Morgan fingerprint density at radius 2 is 1.59 bits per heavy atom. The normalized spacial score (nSPS) is 25.3. The van der Waals surface area contributed by atoms with Gasteiger partial charge in [-0.25, -0.2) is 4.39 Å². The number of unbranched alkanes of at least 4 members (excludes halogenated alkanes) is 1. The van der Waals surface area contributed by atoms with E-state index in [0.717, 1.165) is 35.4 Å². The van der Waals surface area contributed by atoms with E-state index in [1.165, 1.54) is 69.4 Å². The molecule has 186 valence electrons. The van der Waals surface area contributed by atoms with E-state index in [1.54, 1.807) is 0 Å². The van der Waals surface area contributed by atoms with Crippen LogP contribution in [0, 0.1) is 23.6 Å². The molecule has 0 aliphatic heterocycles. The minimum absolute atomic E-state index is 0.478. The van der Waals surface area contributed by atoms with E-state index in [4.69, 9.17) is 0 Å². The van der Waals surface area contributed by atoms with E-state index in [9.17, 15) is 22.0 Å². The Morgan fingerprint density at radius 1 is 0.912 bits per heavy atom. The molecule has 2 aliphatic carbocycles. The van der Waals surface area contributed by atoms with Crippen LogP contribution >= 0.6 is 0 Å². The number of halogens is 5. The number of ether oxygens (including phenoxy) is 1. The van der Waals surface area contributed by atoms with Crippen molar-refractivity contribution in [3.63, 3.8) is 0 Å². The molecule has 4 rings (SSSR count). The van der Waals surface area contributed by atoms with Gasteiger partial charge in [-0.15, -0.1) is 0 Å². The first-order chi connectivity index (χ1) is 16.3. The molecular weight excluding hydrogens is 447 g/mol. The Hall–Kier alpha value is -2.11. The Kier molecular flexibility index (Phi) is 7.83. The number of fused-ring (bicyclic) bond motifs is 1. The molecule has 0 bridgehead atoms. The Morgan fingerprint density at radius 3 is 2.26 bits per heavy atom. The predicted molar refractivity (Wildman–Crippen MR) is 124 cm³/mol. The summed E-state index contributed by atoms with van der Waals surface area (Å²) >= 11 is 0. The van der Waals surface area contributed by atoms with Crippen molar-refractivity contribution in [3.8, 4) is 16.9 Å². The molecule has 0 radical (unpaired) electrons. The van der Waals surface area contributed by atoms with Crippen LogP contribution in [0.1, 0.15) is 76.2 Å². The van der Waals surface area contributed by atoms with Crippen molar-refractivity contribution < 1.29 is 26.7 Å². The second-order valence-corrected chi connectivity index (χ2v) is 10.1. The number of alkyl halides is 4. The van der Waals surface area contributed by atoms with Crippen molar-refractivity contribution in [2.75, 3.05) is 0 Å². The zero-order valence-electron chi connectivity index (χ0n) is 19.6. The molecule has 34 heavy (non-hydrogen) atoms. The highest BCUT2D eigenvalue weighted by atomic mass is 19.3. The lowest BCUT2D eigenvalue weighted by molar-refractivity contribution is -0.254. The summed E-state index contributed by atoms with van der Waals surface area (Å²) in [7, 11) is 0. The van der Waals surface area contributed by atoms with Crippen LogP contribution in [0.25, 0.3) is 11.1 Å². The van der Waals surface area contributed by atoms with Gasteiger partial charge in [-0.2, -0.15) is 17.6 Å². The molecule has 0 N–H and O–H groups in total. The summed E-state index contributed by atoms with van der Waals surface area (Å²) in [5, 5.41) is 0. The molecule has 0 spiro atoms. The molecule has 2 aromatic carbocycles. The molecule has 2 aliphatic rings. The summed E-state index contributed by atoms with van der Waals surface area (Å²) in [4.78, 5) is 0. The van der Waals surface area contributed by atoms with E-state index in [2.05, 4.69) is 23.8 Å². The van der Waals surface area contributed by atoms with Crippen LogP contribution in [-0.2, 0) is 0 Å². The Bertz CT molecular complexity index is 942. The zero-order valence-corrected chi connectivity index (χ0v) is 19.6. The van der Waals surface area contributed by atoms with Gasteiger partial charge in [-0.3, -0.25) is 0 Å². The fourth-order valence-electron chi connectivity index (χ4n) is 5.95. The second kappa shape index (κ2) is 10.7. The lowest BCUT2D eigenvalue weighted by Gasteiger charge is -2.42. The fourth-order valence-corrected chi connectivity index (χ4v) is 5.95. The van der Waals surface area contributed by atoms with E-state index in [-0.39, 0.29) is 0 Å². The molecule has 2 fully saturated rings. The van der Waals surface area contributed by atoms with E-state index < -0.39 is 24.1 Å². The minimum atomic E-state index is -4.74. The van der Waals surface area contributed by atoms with E-state index >= 15 is 0 Å². The highest BCUT2D eigenvalue weighted by molar-refractivity contribution is 5.64. The second-order valence-electron chi connectivity index (χ2n) is 10.1. The van der Waals surface area contributed by atoms with Crippen LogP contribution in [0.3, 0.4) is 0 Å². The van der Waals surface area contributed by atoms with Gasteiger partial charge in [-0.1, -0.05) is 62.9 Å². The summed E-state index contributed by atoms with van der Waals surface area (Å²) in [6.45, 7) is 2.26. The Labute approximate surface area is 198 Å². The highest BCUT2D eigenvalue weighted by Crippen LogP contribution is 2.48. The van der Waals surface area contributed by atoms with Gasteiger partial charge >= 0.3 is 12.5 Å². The maximum absolute atomic E-state index is 14.3. The molecule has 1 nitrogen and oxygen atoms in total. The SMILES string of the molecule is CCCCC1CCC2CC(c3ccc(-c4ccc(OC(F)(F)C(F)F)c(F)c4)cc3)CCC2C1. The van der Waals surface area contributed by atoms with Crippen molar-refractivity contribution in [1.29, 1.82) is 0 Å². The lowest BCUT2D eigenvalue weighted by atomic mass is 9.63. The average molecular weight is 481 g/mol. The third-order valence-electron chi connectivity index (χ3n) is 7.83. The zero-order chi connectivity index (χ0) is 24.3. The highest BCUT2D eigenvalue weighted by Gasteiger charge is 2.44. The monoisotopic (exact) mass is 480 g/mol. The summed E-state index contributed by atoms with van der Waals surface area (Å²) in [6, 6.07) is 11.4. The van der Waals surface area contributed by atoms with E-state index in [0.29, 0.717) is 11.5 Å². The van der Waals surface area contributed by atoms with Crippen LogP contribution in [0.15, 0.2) is 42.5 Å². The molecule has 0 saturated heterocycles. The molecule has 0 amide bonds. The van der Waals surface area contributed by atoms with Gasteiger partial charge in [-0.05, 0) is 84.6 Å². The first-order valence-electron chi connectivity index (χ1n) is 12.5. The van der Waals surface area contributed by atoms with Crippen LogP contribution in [0.5, 0.6) is 5.75 Å². The standard InChI is InChI=1S/C28H33F5O/c1-2-3-4-18-5-6-23-16-22(12-11-21(23)15-18)19-7-9-20(10-8-19)24-13-14-26(25(29)17-24)34-28(32,33)27(30)31/h7-10,13-14,17-18,21-23,27H,2-6,11-12,15-16H2,1H3. The van der Waals surface area contributed by atoms with Gasteiger partial charge < -0.3 is 4.74 Å². The third-order valence-corrected chi connectivity index (χ3v) is 7.83. The van der Waals surface area contributed by atoms with Crippen LogP contribution in [-0.4, -0.2) is 12.5 Å².